The summed E-state index contributed by atoms with van der Waals surface area (Å²) in [6.07, 6.45) is 9.55. The van der Waals surface area contributed by atoms with Gasteiger partial charge in [-0.1, -0.05) is 13.8 Å². The Morgan fingerprint density at radius 3 is 2.29 bits per heavy atom. The second kappa shape index (κ2) is 7.32. The van der Waals surface area contributed by atoms with Gasteiger partial charge in [0.1, 0.15) is 0 Å². The van der Waals surface area contributed by atoms with Crippen LogP contribution in [-0.4, -0.2) is 35.5 Å². The zero-order chi connectivity index (χ0) is 14.1. The van der Waals surface area contributed by atoms with E-state index in [1.165, 1.54) is 38.5 Å². The van der Waals surface area contributed by atoms with E-state index in [0.717, 1.165) is 19.4 Å². The monoisotopic (exact) mass is 314 g/mol. The largest absolute Gasteiger partial charge is 0.340 e. The quantitative estimate of drug-likeness (QED) is 0.815. The van der Waals surface area contributed by atoms with Crippen LogP contribution in [0.4, 0.5) is 0 Å². The van der Waals surface area contributed by atoms with E-state index < -0.39 is 0 Å². The SMILES string of the molecule is CC(C)CCN(C(=O)CC1CC2CCC(C1)N2)C1CC1.Cl. The van der Waals surface area contributed by atoms with E-state index in [2.05, 4.69) is 24.1 Å². The predicted octanol–water partition coefficient (Wildman–Crippen LogP) is 3.37. The molecule has 1 amide bonds. The highest BCUT2D eigenvalue weighted by Crippen LogP contribution is 2.34. The minimum absolute atomic E-state index is 0. The highest BCUT2D eigenvalue weighted by Gasteiger charge is 2.37. The van der Waals surface area contributed by atoms with E-state index in [1.54, 1.807) is 0 Å². The van der Waals surface area contributed by atoms with Gasteiger partial charge in [-0.05, 0) is 56.8 Å². The summed E-state index contributed by atoms with van der Waals surface area (Å²) < 4.78 is 0. The maximum atomic E-state index is 12.6. The Bertz CT molecular complexity index is 345. The zero-order valence-electron chi connectivity index (χ0n) is 13.5. The van der Waals surface area contributed by atoms with Crippen LogP contribution in [-0.2, 0) is 4.79 Å². The molecule has 2 unspecified atom stereocenters. The maximum Gasteiger partial charge on any atom is 0.223 e. The number of amides is 1. The number of nitrogens with one attached hydrogen (secondary N) is 1. The molecule has 0 radical (unpaired) electrons. The van der Waals surface area contributed by atoms with Crippen LogP contribution in [0.5, 0.6) is 0 Å². The molecule has 1 saturated carbocycles. The third-order valence-corrected chi connectivity index (χ3v) is 5.29. The Kier molecular flexibility index (Phi) is 5.96. The summed E-state index contributed by atoms with van der Waals surface area (Å²) in [6.45, 7) is 5.49. The minimum atomic E-state index is 0. The molecule has 0 aromatic heterocycles. The number of halogens is 1. The van der Waals surface area contributed by atoms with E-state index in [9.17, 15) is 4.79 Å². The first-order valence-corrected chi connectivity index (χ1v) is 8.67. The number of rotatable bonds is 6. The van der Waals surface area contributed by atoms with Gasteiger partial charge in [0.2, 0.25) is 5.91 Å². The number of carbonyl (C=O) groups is 1. The molecule has 2 heterocycles. The topological polar surface area (TPSA) is 32.3 Å². The van der Waals surface area contributed by atoms with Crippen LogP contribution in [0, 0.1) is 11.8 Å². The van der Waals surface area contributed by atoms with Gasteiger partial charge in [-0.25, -0.2) is 0 Å². The Morgan fingerprint density at radius 1 is 1.14 bits per heavy atom. The Labute approximate surface area is 135 Å². The standard InChI is InChI=1S/C17H30N2O.ClH/c1-12(2)7-8-19(16-5-6-16)17(20)11-13-9-14-3-4-15(10-13)18-14;/h12-16,18H,3-11H2,1-2H3;1H. The van der Waals surface area contributed by atoms with Crippen molar-refractivity contribution >= 4 is 18.3 Å². The minimum Gasteiger partial charge on any atom is -0.340 e. The lowest BCUT2D eigenvalue weighted by molar-refractivity contribution is -0.133. The number of fused-ring (bicyclic) bond motifs is 2. The van der Waals surface area contributed by atoms with E-state index in [-0.39, 0.29) is 12.4 Å². The van der Waals surface area contributed by atoms with Gasteiger partial charge in [-0.15, -0.1) is 12.4 Å². The molecule has 2 saturated heterocycles. The number of hydrogen-bond acceptors (Lipinski definition) is 2. The molecule has 0 aromatic carbocycles. The molecular formula is C17H31ClN2O. The summed E-state index contributed by atoms with van der Waals surface area (Å²) in [5, 5.41) is 3.67. The fraction of sp³-hybridized carbons (Fsp3) is 0.941. The van der Waals surface area contributed by atoms with Crippen LogP contribution < -0.4 is 5.32 Å². The predicted molar refractivity (Wildman–Crippen MR) is 88.7 cm³/mol. The van der Waals surface area contributed by atoms with Crippen LogP contribution in [0.2, 0.25) is 0 Å². The van der Waals surface area contributed by atoms with Crippen LogP contribution in [0.1, 0.15) is 65.2 Å². The van der Waals surface area contributed by atoms with Crippen molar-refractivity contribution in [1.82, 2.24) is 10.2 Å². The molecule has 3 fully saturated rings. The summed E-state index contributed by atoms with van der Waals surface area (Å²) in [7, 11) is 0. The first kappa shape index (κ1) is 17.1. The van der Waals surface area contributed by atoms with Crippen LogP contribution in [0.15, 0.2) is 0 Å². The van der Waals surface area contributed by atoms with Gasteiger partial charge in [-0.2, -0.15) is 0 Å². The lowest BCUT2D eigenvalue weighted by atomic mass is 9.89. The average Bonchev–Trinajstić information content (AvgIpc) is 3.15. The number of piperidine rings is 1. The van der Waals surface area contributed by atoms with Gasteiger partial charge in [0.25, 0.3) is 0 Å². The van der Waals surface area contributed by atoms with Crippen LogP contribution in [0.25, 0.3) is 0 Å². The van der Waals surface area contributed by atoms with Crippen LogP contribution in [0.3, 0.4) is 0 Å². The van der Waals surface area contributed by atoms with Crippen molar-refractivity contribution in [3.8, 4) is 0 Å². The maximum absolute atomic E-state index is 12.6. The average molecular weight is 315 g/mol. The number of carbonyl (C=O) groups excluding carboxylic acids is 1. The molecule has 21 heavy (non-hydrogen) atoms. The van der Waals surface area contributed by atoms with Gasteiger partial charge in [0.05, 0.1) is 0 Å². The summed E-state index contributed by atoms with van der Waals surface area (Å²) in [6, 6.07) is 1.99. The highest BCUT2D eigenvalue weighted by molar-refractivity contribution is 5.85. The summed E-state index contributed by atoms with van der Waals surface area (Å²) in [5.74, 6) is 1.78. The van der Waals surface area contributed by atoms with Gasteiger partial charge in [-0.3, -0.25) is 4.79 Å². The second-order valence-electron chi connectivity index (χ2n) is 7.68. The van der Waals surface area contributed by atoms with Crippen molar-refractivity contribution in [1.29, 1.82) is 0 Å². The van der Waals surface area contributed by atoms with Gasteiger partial charge in [0.15, 0.2) is 0 Å². The molecular weight excluding hydrogens is 284 g/mol. The normalized spacial score (nSPS) is 31.1. The molecule has 1 N–H and O–H groups in total. The van der Waals surface area contributed by atoms with E-state index in [1.807, 2.05) is 0 Å². The van der Waals surface area contributed by atoms with Gasteiger partial charge < -0.3 is 10.2 Å². The third-order valence-electron chi connectivity index (χ3n) is 5.29. The number of hydrogen-bond donors (Lipinski definition) is 1. The lowest BCUT2D eigenvalue weighted by Gasteiger charge is -2.31. The Hall–Kier alpha value is -0.280. The van der Waals surface area contributed by atoms with E-state index in [4.69, 9.17) is 0 Å². The first-order chi connectivity index (χ1) is 9.61. The molecule has 3 rings (SSSR count). The number of nitrogens with zero attached hydrogens (tertiary/aromatic N) is 1. The second-order valence-corrected chi connectivity index (χ2v) is 7.68. The van der Waals surface area contributed by atoms with Crippen molar-refractivity contribution in [3.05, 3.63) is 0 Å². The van der Waals surface area contributed by atoms with Gasteiger partial charge >= 0.3 is 0 Å². The third kappa shape index (κ3) is 4.59. The first-order valence-electron chi connectivity index (χ1n) is 8.67. The molecule has 0 aromatic rings. The Balaban J connectivity index is 0.00000161. The molecule has 1 aliphatic carbocycles. The van der Waals surface area contributed by atoms with Crippen LogP contribution >= 0.6 is 12.4 Å². The van der Waals surface area contributed by atoms with Crippen molar-refractivity contribution in [2.24, 2.45) is 11.8 Å². The molecule has 4 heteroatoms. The smallest absolute Gasteiger partial charge is 0.223 e. The Morgan fingerprint density at radius 2 is 1.76 bits per heavy atom. The van der Waals surface area contributed by atoms with Crippen molar-refractivity contribution in [2.75, 3.05) is 6.54 Å². The molecule has 0 spiro atoms. The molecule has 2 bridgehead atoms. The molecule has 3 aliphatic rings. The molecule has 2 aliphatic heterocycles. The van der Waals surface area contributed by atoms with Crippen molar-refractivity contribution in [3.63, 3.8) is 0 Å². The molecule has 3 nitrogen and oxygen atoms in total. The van der Waals surface area contributed by atoms with Gasteiger partial charge in [0, 0.05) is 31.1 Å². The summed E-state index contributed by atoms with van der Waals surface area (Å²) >= 11 is 0. The van der Waals surface area contributed by atoms with E-state index in [0.29, 0.717) is 35.9 Å². The fourth-order valence-corrected chi connectivity index (χ4v) is 4.00. The summed E-state index contributed by atoms with van der Waals surface area (Å²) in [4.78, 5) is 14.9. The summed E-state index contributed by atoms with van der Waals surface area (Å²) in [5.41, 5.74) is 0. The fourth-order valence-electron chi connectivity index (χ4n) is 4.00. The molecule has 122 valence electrons. The highest BCUT2D eigenvalue weighted by atomic mass is 35.5. The zero-order valence-corrected chi connectivity index (χ0v) is 14.3. The van der Waals surface area contributed by atoms with Crippen molar-refractivity contribution < 1.29 is 4.79 Å². The van der Waals surface area contributed by atoms with E-state index >= 15 is 0 Å². The van der Waals surface area contributed by atoms with Crippen molar-refractivity contribution in [2.45, 2.75) is 83.3 Å². The lowest BCUT2D eigenvalue weighted by Crippen LogP contribution is -2.41. The molecule has 2 atom stereocenters.